The molecule has 25 heavy (non-hydrogen) atoms. The number of esters is 1. The number of halogens is 1. The number of hydrogen-bond donors (Lipinski definition) is 2. The number of rotatable bonds is 7. The fraction of sp³-hybridized carbons (Fsp3) is 0.222. The summed E-state index contributed by atoms with van der Waals surface area (Å²) >= 11 is 5.76. The van der Waals surface area contributed by atoms with Crippen LogP contribution in [0.1, 0.15) is 12.0 Å². The molecule has 0 heterocycles. The number of amides is 1. The molecule has 2 rings (SSSR count). The van der Waals surface area contributed by atoms with Crippen LogP contribution in [0, 0.1) is 0 Å². The summed E-state index contributed by atoms with van der Waals surface area (Å²) in [5, 5.41) is 12.8. The first-order chi connectivity index (χ1) is 12.0. The normalized spacial score (nSPS) is 10.2. The van der Waals surface area contributed by atoms with Crippen molar-refractivity contribution in [3.63, 3.8) is 0 Å². The van der Waals surface area contributed by atoms with Crippen molar-refractivity contribution in [2.24, 2.45) is 0 Å². The zero-order valence-electron chi connectivity index (χ0n) is 13.6. The van der Waals surface area contributed by atoms with Crippen LogP contribution in [0.2, 0.25) is 5.02 Å². The van der Waals surface area contributed by atoms with E-state index in [1.165, 1.54) is 13.2 Å². The average Bonchev–Trinajstić information content (AvgIpc) is 2.60. The zero-order valence-corrected chi connectivity index (χ0v) is 14.4. The van der Waals surface area contributed by atoms with Gasteiger partial charge in [-0.3, -0.25) is 9.59 Å². The SMILES string of the molecule is COc1ccc(CCC(=O)OCC(=O)Nc2ccc(Cl)cc2)cc1O. The predicted molar refractivity (Wildman–Crippen MR) is 94.0 cm³/mol. The molecule has 0 fully saturated rings. The van der Waals surface area contributed by atoms with Gasteiger partial charge < -0.3 is 19.9 Å². The van der Waals surface area contributed by atoms with Crippen molar-refractivity contribution >= 4 is 29.2 Å². The average molecular weight is 364 g/mol. The summed E-state index contributed by atoms with van der Waals surface area (Å²) in [5.74, 6) is -0.555. The third-order valence-electron chi connectivity index (χ3n) is 3.35. The fourth-order valence-corrected chi connectivity index (χ4v) is 2.21. The number of aromatic hydroxyl groups is 1. The molecular weight excluding hydrogens is 346 g/mol. The first kappa shape index (κ1) is 18.6. The zero-order chi connectivity index (χ0) is 18.2. The van der Waals surface area contributed by atoms with Crippen LogP contribution in [0.25, 0.3) is 0 Å². The maximum absolute atomic E-state index is 11.7. The molecule has 6 nitrogen and oxygen atoms in total. The number of hydrogen-bond acceptors (Lipinski definition) is 5. The number of benzene rings is 2. The van der Waals surface area contributed by atoms with Crippen molar-refractivity contribution in [2.45, 2.75) is 12.8 Å². The number of phenols is 1. The van der Waals surface area contributed by atoms with Gasteiger partial charge >= 0.3 is 5.97 Å². The van der Waals surface area contributed by atoms with E-state index in [0.29, 0.717) is 22.9 Å². The minimum Gasteiger partial charge on any atom is -0.504 e. The van der Waals surface area contributed by atoms with Crippen LogP contribution < -0.4 is 10.1 Å². The molecule has 1 amide bonds. The highest BCUT2D eigenvalue weighted by atomic mass is 35.5. The van der Waals surface area contributed by atoms with Crippen LogP contribution in [0.3, 0.4) is 0 Å². The summed E-state index contributed by atoms with van der Waals surface area (Å²) in [4.78, 5) is 23.4. The molecule has 0 saturated heterocycles. The van der Waals surface area contributed by atoms with E-state index in [0.717, 1.165) is 5.56 Å². The fourth-order valence-electron chi connectivity index (χ4n) is 2.09. The summed E-state index contributed by atoms with van der Waals surface area (Å²) in [7, 11) is 1.46. The Morgan fingerprint density at radius 3 is 2.52 bits per heavy atom. The molecule has 0 aliphatic rings. The summed E-state index contributed by atoms with van der Waals surface area (Å²) in [6, 6.07) is 11.5. The first-order valence-corrected chi connectivity index (χ1v) is 7.92. The second-order valence-electron chi connectivity index (χ2n) is 5.22. The van der Waals surface area contributed by atoms with Crippen molar-refractivity contribution in [2.75, 3.05) is 19.0 Å². The molecule has 0 aliphatic carbocycles. The maximum Gasteiger partial charge on any atom is 0.306 e. The van der Waals surface area contributed by atoms with E-state index in [2.05, 4.69) is 5.32 Å². The van der Waals surface area contributed by atoms with E-state index < -0.39 is 11.9 Å². The molecule has 0 saturated carbocycles. The Kier molecular flexibility index (Phi) is 6.65. The van der Waals surface area contributed by atoms with E-state index in [1.54, 1.807) is 36.4 Å². The maximum atomic E-state index is 11.7. The number of aryl methyl sites for hydroxylation is 1. The molecule has 0 aliphatic heterocycles. The lowest BCUT2D eigenvalue weighted by Gasteiger charge is -2.08. The summed E-state index contributed by atoms with van der Waals surface area (Å²) in [5.41, 5.74) is 1.33. The molecule has 132 valence electrons. The smallest absolute Gasteiger partial charge is 0.306 e. The van der Waals surface area contributed by atoms with E-state index >= 15 is 0 Å². The molecule has 0 radical (unpaired) electrons. The highest BCUT2D eigenvalue weighted by Crippen LogP contribution is 2.26. The van der Waals surface area contributed by atoms with Crippen LogP contribution in [0.5, 0.6) is 11.5 Å². The van der Waals surface area contributed by atoms with E-state index in [4.69, 9.17) is 21.1 Å². The Morgan fingerprint density at radius 1 is 1.16 bits per heavy atom. The Bertz CT molecular complexity index is 746. The van der Waals surface area contributed by atoms with Gasteiger partial charge in [0.2, 0.25) is 0 Å². The Balaban J connectivity index is 1.74. The highest BCUT2D eigenvalue weighted by molar-refractivity contribution is 6.30. The van der Waals surface area contributed by atoms with Gasteiger partial charge in [0.25, 0.3) is 5.91 Å². The number of phenolic OH excluding ortho intramolecular Hbond substituents is 1. The summed E-state index contributed by atoms with van der Waals surface area (Å²) in [6.07, 6.45) is 0.481. The number of methoxy groups -OCH3 is 1. The first-order valence-electron chi connectivity index (χ1n) is 7.55. The minimum atomic E-state index is -0.499. The second-order valence-corrected chi connectivity index (χ2v) is 5.66. The van der Waals surface area contributed by atoms with Crippen LogP contribution in [0.4, 0.5) is 5.69 Å². The molecule has 0 unspecified atom stereocenters. The van der Waals surface area contributed by atoms with Gasteiger partial charge in [-0.15, -0.1) is 0 Å². The van der Waals surface area contributed by atoms with Gasteiger partial charge in [0.05, 0.1) is 7.11 Å². The highest BCUT2D eigenvalue weighted by Gasteiger charge is 2.09. The lowest BCUT2D eigenvalue weighted by Crippen LogP contribution is -2.21. The van der Waals surface area contributed by atoms with Crippen LogP contribution >= 0.6 is 11.6 Å². The molecule has 0 atom stereocenters. The van der Waals surface area contributed by atoms with Crippen molar-refractivity contribution in [1.29, 1.82) is 0 Å². The Labute approximate surface area is 150 Å². The van der Waals surface area contributed by atoms with Gasteiger partial charge in [-0.25, -0.2) is 0 Å². The summed E-state index contributed by atoms with van der Waals surface area (Å²) < 4.78 is 9.88. The lowest BCUT2D eigenvalue weighted by molar-refractivity contribution is -0.147. The van der Waals surface area contributed by atoms with Gasteiger partial charge in [0.1, 0.15) is 0 Å². The van der Waals surface area contributed by atoms with E-state index in [-0.39, 0.29) is 18.8 Å². The molecule has 2 N–H and O–H groups in total. The van der Waals surface area contributed by atoms with Gasteiger partial charge in [-0.1, -0.05) is 17.7 Å². The summed E-state index contributed by atoms with van der Waals surface area (Å²) in [6.45, 7) is -0.366. The molecule has 0 bridgehead atoms. The van der Waals surface area contributed by atoms with Crippen LogP contribution in [-0.4, -0.2) is 30.7 Å². The Morgan fingerprint density at radius 2 is 1.88 bits per heavy atom. The van der Waals surface area contributed by atoms with Crippen molar-refractivity contribution in [3.05, 3.63) is 53.1 Å². The molecule has 0 aromatic heterocycles. The largest absolute Gasteiger partial charge is 0.504 e. The van der Waals surface area contributed by atoms with Crippen molar-refractivity contribution in [3.8, 4) is 11.5 Å². The minimum absolute atomic E-state index is 0.00992. The van der Waals surface area contributed by atoms with E-state index in [9.17, 15) is 14.7 Å². The van der Waals surface area contributed by atoms with Crippen LogP contribution in [0.15, 0.2) is 42.5 Å². The standard InChI is InChI=1S/C18H18ClNO5/c1-24-16-8-2-12(10-15(16)21)3-9-18(23)25-11-17(22)20-14-6-4-13(19)5-7-14/h2,4-8,10,21H,3,9,11H2,1H3,(H,20,22). The van der Waals surface area contributed by atoms with Gasteiger partial charge in [0, 0.05) is 17.1 Å². The third-order valence-corrected chi connectivity index (χ3v) is 3.61. The van der Waals surface area contributed by atoms with Gasteiger partial charge in [-0.05, 0) is 48.4 Å². The topological polar surface area (TPSA) is 84.9 Å². The lowest BCUT2D eigenvalue weighted by atomic mass is 10.1. The predicted octanol–water partition coefficient (Wildman–Crippen LogP) is 3.17. The number of carbonyl (C=O) groups is 2. The van der Waals surface area contributed by atoms with Gasteiger partial charge in [0.15, 0.2) is 18.1 Å². The molecule has 2 aromatic rings. The van der Waals surface area contributed by atoms with Crippen LogP contribution in [-0.2, 0) is 20.7 Å². The second kappa shape index (κ2) is 8.94. The number of carbonyl (C=O) groups excluding carboxylic acids is 2. The molecule has 2 aromatic carbocycles. The quantitative estimate of drug-likeness (QED) is 0.738. The van der Waals surface area contributed by atoms with Crippen molar-refractivity contribution < 1.29 is 24.2 Å². The molecular formula is C18H18ClNO5. The van der Waals surface area contributed by atoms with Gasteiger partial charge in [-0.2, -0.15) is 0 Å². The van der Waals surface area contributed by atoms with Crippen molar-refractivity contribution in [1.82, 2.24) is 0 Å². The van der Waals surface area contributed by atoms with E-state index in [1.807, 2.05) is 0 Å². The molecule has 0 spiro atoms. The Hall–Kier alpha value is -2.73. The monoisotopic (exact) mass is 363 g/mol. The number of ether oxygens (including phenoxy) is 2. The molecule has 7 heteroatoms. The number of nitrogens with one attached hydrogen (secondary N) is 1. The number of anilines is 1. The third kappa shape index (κ3) is 6.00.